The van der Waals surface area contributed by atoms with Gasteiger partial charge in [0, 0.05) is 32.5 Å². The molecule has 4 amide bonds. The number of likely N-dealkylation sites (tertiary alicyclic amines) is 1. The van der Waals surface area contributed by atoms with Crippen LogP contribution in [0.25, 0.3) is 0 Å². The van der Waals surface area contributed by atoms with Gasteiger partial charge in [-0.1, -0.05) is 61.5 Å². The first-order valence-corrected chi connectivity index (χ1v) is 13.2. The Bertz CT molecular complexity index is 1160. The minimum atomic E-state index is -0.821. The van der Waals surface area contributed by atoms with Crippen LogP contribution in [0, 0.1) is 17.7 Å². The predicted molar refractivity (Wildman–Crippen MR) is 141 cm³/mol. The summed E-state index contributed by atoms with van der Waals surface area (Å²) in [5, 5.41) is 2.91. The van der Waals surface area contributed by atoms with Gasteiger partial charge in [0.1, 0.15) is 11.9 Å². The third-order valence-corrected chi connectivity index (χ3v) is 7.23. The highest BCUT2D eigenvalue weighted by Gasteiger charge is 2.47. The second-order valence-corrected chi connectivity index (χ2v) is 9.88. The number of benzene rings is 2. The first-order valence-electron chi connectivity index (χ1n) is 13.2. The van der Waals surface area contributed by atoms with E-state index in [4.69, 9.17) is 0 Å². The number of imide groups is 1. The fraction of sp³-hybridized carbons (Fsp3) is 0.400. The van der Waals surface area contributed by atoms with Crippen LogP contribution < -0.4 is 5.32 Å². The summed E-state index contributed by atoms with van der Waals surface area (Å²) in [6, 6.07) is 14.4. The van der Waals surface area contributed by atoms with Crippen LogP contribution in [-0.4, -0.2) is 52.6 Å². The summed E-state index contributed by atoms with van der Waals surface area (Å²) in [5.74, 6) is -2.21. The molecular formula is C30H34FN3O4. The van der Waals surface area contributed by atoms with E-state index in [2.05, 4.69) is 5.32 Å². The van der Waals surface area contributed by atoms with Crippen molar-refractivity contribution in [1.82, 2.24) is 15.1 Å². The predicted octanol–water partition coefficient (Wildman–Crippen LogP) is 3.63. The summed E-state index contributed by atoms with van der Waals surface area (Å²) in [5.41, 5.74) is 1.56. The summed E-state index contributed by atoms with van der Waals surface area (Å²) < 4.78 is 13.6. The highest BCUT2D eigenvalue weighted by Crippen LogP contribution is 2.35. The molecule has 1 saturated heterocycles. The number of hydrogen-bond donors (Lipinski definition) is 1. The molecule has 2 aromatic rings. The molecule has 200 valence electrons. The van der Waals surface area contributed by atoms with Gasteiger partial charge in [-0.15, -0.1) is 0 Å². The van der Waals surface area contributed by atoms with Crippen LogP contribution in [0.2, 0.25) is 0 Å². The average molecular weight is 520 g/mol. The maximum atomic E-state index is 13.7. The average Bonchev–Trinajstić information content (AvgIpc) is 3.18. The molecule has 1 aliphatic carbocycles. The number of nitrogens with one attached hydrogen (secondary N) is 1. The summed E-state index contributed by atoms with van der Waals surface area (Å²) >= 11 is 0. The summed E-state index contributed by atoms with van der Waals surface area (Å²) in [6.45, 7) is 2.48. The molecule has 0 bridgehead atoms. The summed E-state index contributed by atoms with van der Waals surface area (Å²) in [6.07, 6.45) is 5.86. The SMILES string of the molecule is CCCNC(=O)C(Cc1ccccc1)N(Cc1ccc(F)cc1)C(=O)CCN1C(=O)[C@H]2CC=CC[C@H]2C1=O. The topological polar surface area (TPSA) is 86.8 Å². The molecule has 2 aromatic carbocycles. The zero-order chi connectivity index (χ0) is 27.1. The van der Waals surface area contributed by atoms with E-state index in [0.717, 1.165) is 12.0 Å². The standard InChI is InChI=1S/C30H34FN3O4/c1-2-17-32-28(36)26(19-21-8-4-3-5-9-21)34(20-22-12-14-23(31)15-13-22)27(35)16-18-33-29(37)24-10-6-7-11-25(24)30(33)38/h3-9,12-15,24-26H,2,10-11,16-20H2,1H3,(H,32,36)/t24-,25+,26?. The van der Waals surface area contributed by atoms with E-state index in [1.165, 1.54) is 21.9 Å². The highest BCUT2D eigenvalue weighted by molar-refractivity contribution is 6.05. The number of carbonyl (C=O) groups excluding carboxylic acids is 4. The Kier molecular flexibility index (Phi) is 9.05. The molecule has 1 heterocycles. The van der Waals surface area contributed by atoms with Gasteiger partial charge in [-0.2, -0.15) is 0 Å². The molecule has 0 saturated carbocycles. The minimum Gasteiger partial charge on any atom is -0.354 e. The van der Waals surface area contributed by atoms with E-state index >= 15 is 0 Å². The summed E-state index contributed by atoms with van der Waals surface area (Å²) in [4.78, 5) is 55.6. The lowest BCUT2D eigenvalue weighted by molar-refractivity contribution is -0.144. The molecule has 7 nitrogen and oxygen atoms in total. The van der Waals surface area contributed by atoms with Crippen LogP contribution in [0.15, 0.2) is 66.7 Å². The molecule has 1 N–H and O–H groups in total. The molecule has 1 unspecified atom stereocenters. The van der Waals surface area contributed by atoms with Gasteiger partial charge in [0.05, 0.1) is 11.8 Å². The van der Waals surface area contributed by atoms with Crippen LogP contribution in [-0.2, 0) is 32.1 Å². The first kappa shape index (κ1) is 27.2. The molecule has 1 fully saturated rings. The van der Waals surface area contributed by atoms with Crippen LogP contribution in [0.5, 0.6) is 0 Å². The summed E-state index contributed by atoms with van der Waals surface area (Å²) in [7, 11) is 0. The monoisotopic (exact) mass is 519 g/mol. The van der Waals surface area contributed by atoms with Gasteiger partial charge in [-0.05, 0) is 42.5 Å². The Balaban J connectivity index is 1.57. The molecule has 2 aliphatic rings. The van der Waals surface area contributed by atoms with Crippen molar-refractivity contribution < 1.29 is 23.6 Å². The third kappa shape index (κ3) is 6.36. The van der Waals surface area contributed by atoms with Gasteiger partial charge in [-0.25, -0.2) is 4.39 Å². The van der Waals surface area contributed by atoms with E-state index in [1.54, 1.807) is 12.1 Å². The van der Waals surface area contributed by atoms with Crippen LogP contribution in [0.3, 0.4) is 0 Å². The van der Waals surface area contributed by atoms with Crippen molar-refractivity contribution in [2.75, 3.05) is 13.1 Å². The zero-order valence-corrected chi connectivity index (χ0v) is 21.6. The number of rotatable bonds is 11. The molecule has 1 aliphatic heterocycles. The molecule has 0 aromatic heterocycles. The van der Waals surface area contributed by atoms with Crippen LogP contribution in [0.4, 0.5) is 4.39 Å². The number of hydrogen-bond acceptors (Lipinski definition) is 4. The van der Waals surface area contributed by atoms with Crippen molar-refractivity contribution >= 4 is 23.6 Å². The molecule has 0 radical (unpaired) electrons. The minimum absolute atomic E-state index is 0.0297. The normalized spacial score (nSPS) is 19.3. The molecule has 0 spiro atoms. The Hall–Kier alpha value is -3.81. The number of fused-ring (bicyclic) bond motifs is 1. The lowest BCUT2D eigenvalue weighted by atomic mass is 9.85. The largest absolute Gasteiger partial charge is 0.354 e. The van der Waals surface area contributed by atoms with Gasteiger partial charge in [0.25, 0.3) is 0 Å². The Morgan fingerprint density at radius 3 is 2.21 bits per heavy atom. The van der Waals surface area contributed by atoms with Gasteiger partial charge in [-0.3, -0.25) is 24.1 Å². The Morgan fingerprint density at radius 2 is 1.61 bits per heavy atom. The van der Waals surface area contributed by atoms with Crippen LogP contribution in [0.1, 0.15) is 43.7 Å². The maximum absolute atomic E-state index is 13.7. The maximum Gasteiger partial charge on any atom is 0.243 e. The van der Waals surface area contributed by atoms with Crippen molar-refractivity contribution in [2.24, 2.45) is 11.8 Å². The van der Waals surface area contributed by atoms with E-state index in [-0.39, 0.29) is 55.0 Å². The van der Waals surface area contributed by atoms with Gasteiger partial charge in [0.15, 0.2) is 0 Å². The van der Waals surface area contributed by atoms with Crippen molar-refractivity contribution in [2.45, 2.75) is 51.6 Å². The lowest BCUT2D eigenvalue weighted by Gasteiger charge is -2.32. The first-order chi connectivity index (χ1) is 18.4. The fourth-order valence-corrected chi connectivity index (χ4v) is 5.15. The van der Waals surface area contributed by atoms with Crippen molar-refractivity contribution in [1.29, 1.82) is 0 Å². The van der Waals surface area contributed by atoms with Gasteiger partial charge in [0.2, 0.25) is 23.6 Å². The third-order valence-electron chi connectivity index (χ3n) is 7.23. The number of halogens is 1. The Labute approximate surface area is 222 Å². The quantitative estimate of drug-likeness (QED) is 0.363. The van der Waals surface area contributed by atoms with Crippen molar-refractivity contribution in [3.63, 3.8) is 0 Å². The molecular weight excluding hydrogens is 485 g/mol. The van der Waals surface area contributed by atoms with Crippen molar-refractivity contribution in [3.05, 3.63) is 83.7 Å². The highest BCUT2D eigenvalue weighted by atomic mass is 19.1. The van der Waals surface area contributed by atoms with Crippen LogP contribution >= 0.6 is 0 Å². The second-order valence-electron chi connectivity index (χ2n) is 9.88. The number of carbonyl (C=O) groups is 4. The van der Waals surface area contributed by atoms with Gasteiger partial charge < -0.3 is 10.2 Å². The number of allylic oxidation sites excluding steroid dienone is 2. The van der Waals surface area contributed by atoms with Crippen molar-refractivity contribution in [3.8, 4) is 0 Å². The second kappa shape index (κ2) is 12.6. The molecule has 3 atom stereocenters. The lowest BCUT2D eigenvalue weighted by Crippen LogP contribution is -2.51. The number of amides is 4. The fourth-order valence-electron chi connectivity index (χ4n) is 5.15. The Morgan fingerprint density at radius 1 is 0.974 bits per heavy atom. The van der Waals surface area contributed by atoms with Gasteiger partial charge >= 0.3 is 0 Å². The number of nitrogens with zero attached hydrogens (tertiary/aromatic N) is 2. The van der Waals surface area contributed by atoms with E-state index in [1.807, 2.05) is 49.4 Å². The van der Waals surface area contributed by atoms with E-state index in [0.29, 0.717) is 31.4 Å². The smallest absolute Gasteiger partial charge is 0.243 e. The molecule has 38 heavy (non-hydrogen) atoms. The molecule has 8 heteroatoms. The molecule has 4 rings (SSSR count). The van der Waals surface area contributed by atoms with E-state index in [9.17, 15) is 23.6 Å². The van der Waals surface area contributed by atoms with E-state index < -0.39 is 11.9 Å². The zero-order valence-electron chi connectivity index (χ0n) is 21.6.